The maximum absolute atomic E-state index is 13.1. The summed E-state index contributed by atoms with van der Waals surface area (Å²) in [6, 6.07) is 0. The second-order valence-corrected chi connectivity index (χ2v) is 34.3. The number of phosphoric acid groups is 2. The topological polar surface area (TPSA) is 237 Å². The van der Waals surface area contributed by atoms with Gasteiger partial charge in [-0.1, -0.05) is 389 Å². The molecule has 19 heteroatoms. The summed E-state index contributed by atoms with van der Waals surface area (Å²) in [5.74, 6) is 0.250. The molecule has 0 bridgehead atoms. The van der Waals surface area contributed by atoms with E-state index in [4.69, 9.17) is 37.0 Å². The zero-order chi connectivity index (χ0) is 75.8. The average molecular weight is 1510 g/mol. The molecule has 3 N–H and O–H groups in total. The number of rotatable bonds is 82. The van der Waals surface area contributed by atoms with Crippen molar-refractivity contribution in [2.45, 2.75) is 458 Å². The van der Waals surface area contributed by atoms with Gasteiger partial charge in [-0.2, -0.15) is 0 Å². The number of ether oxygens (including phenoxy) is 4. The molecule has 0 spiro atoms. The lowest BCUT2D eigenvalue weighted by Gasteiger charge is -2.21. The van der Waals surface area contributed by atoms with Crippen LogP contribution in [0.4, 0.5) is 0 Å². The van der Waals surface area contributed by atoms with Crippen molar-refractivity contribution in [1.29, 1.82) is 0 Å². The Morgan fingerprint density at radius 1 is 0.282 bits per heavy atom. The van der Waals surface area contributed by atoms with Crippen LogP contribution in [0.5, 0.6) is 0 Å². The summed E-state index contributed by atoms with van der Waals surface area (Å²) in [7, 11) is -9.93. The van der Waals surface area contributed by atoms with Crippen molar-refractivity contribution >= 4 is 39.5 Å². The Hall–Kier alpha value is -1.94. The fourth-order valence-electron chi connectivity index (χ4n) is 13.0. The van der Waals surface area contributed by atoms with Crippen LogP contribution in [0.2, 0.25) is 0 Å². The van der Waals surface area contributed by atoms with E-state index in [2.05, 4.69) is 48.5 Å². The standard InChI is InChI=1S/C84H164O17P2/c1-8-10-11-12-13-14-15-16-17-18-19-22-25-31-36-44-51-58-65-81(86)94-71-79(100-83(88)67-60-53-46-37-32-26-23-20-21-24-29-34-41-48-55-62-75(3)4)73-98-102(90,91)96-69-78(85)70-97-103(92,93)99-74-80(72-95-82(87)66-59-52-45-40-39-43-50-57-64-77(7)9-2)101-84(89)68-61-54-47-38-33-28-27-30-35-42-49-56-63-76(5)6/h75-80,85H,8-74H2,1-7H3,(H,90,91)(H,92,93)/t77?,78-,79-,80-/m1/s1. The first kappa shape index (κ1) is 101. The predicted octanol–water partition coefficient (Wildman–Crippen LogP) is 25.3. The van der Waals surface area contributed by atoms with E-state index in [0.717, 1.165) is 108 Å². The van der Waals surface area contributed by atoms with Crippen molar-refractivity contribution in [2.75, 3.05) is 39.6 Å². The molecule has 0 saturated heterocycles. The van der Waals surface area contributed by atoms with Gasteiger partial charge in [-0.05, 0) is 43.4 Å². The number of aliphatic hydroxyl groups excluding tert-OH is 1. The highest BCUT2D eigenvalue weighted by atomic mass is 31.2. The second-order valence-electron chi connectivity index (χ2n) is 31.4. The van der Waals surface area contributed by atoms with Crippen LogP contribution in [-0.2, 0) is 65.4 Å². The quantitative estimate of drug-likeness (QED) is 0.0222. The number of hydrogen-bond acceptors (Lipinski definition) is 15. The highest BCUT2D eigenvalue weighted by molar-refractivity contribution is 7.47. The van der Waals surface area contributed by atoms with Gasteiger partial charge in [-0.15, -0.1) is 0 Å². The van der Waals surface area contributed by atoms with Crippen molar-refractivity contribution in [3.8, 4) is 0 Å². The highest BCUT2D eigenvalue weighted by Gasteiger charge is 2.30. The van der Waals surface area contributed by atoms with E-state index in [1.54, 1.807) is 0 Å². The fraction of sp³-hybridized carbons (Fsp3) is 0.952. The molecule has 3 unspecified atom stereocenters. The van der Waals surface area contributed by atoms with Gasteiger partial charge in [0.1, 0.15) is 19.3 Å². The molecular weight excluding hydrogens is 1340 g/mol. The number of carbonyl (C=O) groups excluding carboxylic acids is 4. The maximum Gasteiger partial charge on any atom is 0.472 e. The monoisotopic (exact) mass is 1510 g/mol. The van der Waals surface area contributed by atoms with E-state index >= 15 is 0 Å². The van der Waals surface area contributed by atoms with Crippen LogP contribution in [0.15, 0.2) is 0 Å². The Bertz CT molecular complexity index is 1990. The van der Waals surface area contributed by atoms with Crippen molar-refractivity contribution < 1.29 is 80.2 Å². The van der Waals surface area contributed by atoms with Crippen molar-refractivity contribution in [1.82, 2.24) is 0 Å². The van der Waals surface area contributed by atoms with Gasteiger partial charge in [0.25, 0.3) is 0 Å². The molecular formula is C84H164O17P2. The van der Waals surface area contributed by atoms with Crippen LogP contribution in [0, 0.1) is 17.8 Å². The Morgan fingerprint density at radius 3 is 0.738 bits per heavy atom. The van der Waals surface area contributed by atoms with E-state index in [1.165, 1.54) is 250 Å². The van der Waals surface area contributed by atoms with Crippen LogP contribution >= 0.6 is 15.6 Å². The molecule has 17 nitrogen and oxygen atoms in total. The van der Waals surface area contributed by atoms with E-state index in [1.807, 2.05) is 0 Å². The number of aliphatic hydroxyl groups is 1. The van der Waals surface area contributed by atoms with Gasteiger partial charge in [-0.3, -0.25) is 37.3 Å². The van der Waals surface area contributed by atoms with E-state index in [-0.39, 0.29) is 25.7 Å². The van der Waals surface area contributed by atoms with E-state index < -0.39 is 97.5 Å². The SMILES string of the molecule is CCCCCCCCCCCCCCCCCCCCC(=O)OC[C@H](COP(=O)(O)OC[C@@H](O)COP(=O)(O)OC[C@@H](COC(=O)CCCCCCCCCCC(C)CC)OC(=O)CCCCCCCCCCCCCCC(C)C)OC(=O)CCCCCCCCCCCCCCCCCC(C)C. The molecule has 6 atom stereocenters. The summed E-state index contributed by atoms with van der Waals surface area (Å²) in [5.41, 5.74) is 0. The van der Waals surface area contributed by atoms with Gasteiger partial charge in [0.15, 0.2) is 12.2 Å². The minimum Gasteiger partial charge on any atom is -0.462 e. The highest BCUT2D eigenvalue weighted by Crippen LogP contribution is 2.45. The maximum atomic E-state index is 13.1. The number of phosphoric ester groups is 2. The number of carbonyl (C=O) groups is 4. The van der Waals surface area contributed by atoms with Gasteiger partial charge in [0.2, 0.25) is 0 Å². The Kier molecular flexibility index (Phi) is 72.8. The largest absolute Gasteiger partial charge is 0.472 e. The van der Waals surface area contributed by atoms with Crippen LogP contribution in [0.1, 0.15) is 440 Å². The minimum absolute atomic E-state index is 0.106. The Labute approximate surface area is 632 Å². The Balaban J connectivity index is 5.27. The number of esters is 4. The minimum atomic E-state index is -4.97. The van der Waals surface area contributed by atoms with Gasteiger partial charge in [0, 0.05) is 25.7 Å². The van der Waals surface area contributed by atoms with Crippen LogP contribution < -0.4 is 0 Å². The third-order valence-corrected chi connectivity index (χ3v) is 21.9. The molecule has 0 aromatic heterocycles. The number of hydrogen-bond donors (Lipinski definition) is 3. The molecule has 0 aliphatic heterocycles. The Morgan fingerprint density at radius 2 is 0.495 bits per heavy atom. The molecule has 0 aliphatic carbocycles. The molecule has 0 amide bonds. The normalized spacial score (nSPS) is 14.2. The summed E-state index contributed by atoms with van der Waals surface area (Å²) in [5, 5.41) is 10.7. The van der Waals surface area contributed by atoms with Crippen molar-refractivity contribution in [3.05, 3.63) is 0 Å². The summed E-state index contributed by atoms with van der Waals surface area (Å²) in [6.45, 7) is 12.0. The lowest BCUT2D eigenvalue weighted by molar-refractivity contribution is -0.161. The van der Waals surface area contributed by atoms with Crippen LogP contribution in [0.25, 0.3) is 0 Å². The summed E-state index contributed by atoms with van der Waals surface area (Å²) < 4.78 is 68.9. The zero-order valence-electron chi connectivity index (χ0n) is 67.8. The molecule has 0 radical (unpaired) electrons. The molecule has 0 heterocycles. The summed E-state index contributed by atoms with van der Waals surface area (Å²) in [6.07, 6.45) is 63.7. The predicted molar refractivity (Wildman–Crippen MR) is 423 cm³/mol. The second kappa shape index (κ2) is 74.2. The van der Waals surface area contributed by atoms with Crippen molar-refractivity contribution in [3.63, 3.8) is 0 Å². The number of unbranched alkanes of at least 4 members (excludes halogenated alkanes) is 49. The molecule has 0 aliphatic rings. The molecule has 0 saturated carbocycles. The van der Waals surface area contributed by atoms with Gasteiger partial charge >= 0.3 is 39.5 Å². The van der Waals surface area contributed by atoms with Crippen molar-refractivity contribution in [2.24, 2.45) is 17.8 Å². The first-order chi connectivity index (χ1) is 49.8. The molecule has 0 aromatic carbocycles. The first-order valence-electron chi connectivity index (χ1n) is 43.4. The summed E-state index contributed by atoms with van der Waals surface area (Å²) >= 11 is 0. The first-order valence-corrected chi connectivity index (χ1v) is 46.4. The lowest BCUT2D eigenvalue weighted by Crippen LogP contribution is -2.30. The lowest BCUT2D eigenvalue weighted by atomic mass is 9.99. The third kappa shape index (κ3) is 76.6. The summed E-state index contributed by atoms with van der Waals surface area (Å²) in [4.78, 5) is 73.2. The molecule has 0 rings (SSSR count). The molecule has 612 valence electrons. The van der Waals surface area contributed by atoms with Gasteiger partial charge in [-0.25, -0.2) is 9.13 Å². The molecule has 103 heavy (non-hydrogen) atoms. The smallest absolute Gasteiger partial charge is 0.462 e. The fourth-order valence-corrected chi connectivity index (χ4v) is 14.6. The molecule has 0 fully saturated rings. The molecule has 0 aromatic rings. The van der Waals surface area contributed by atoms with Crippen LogP contribution in [-0.4, -0.2) is 96.7 Å². The zero-order valence-corrected chi connectivity index (χ0v) is 69.6. The van der Waals surface area contributed by atoms with E-state index in [0.29, 0.717) is 25.7 Å². The van der Waals surface area contributed by atoms with Gasteiger partial charge < -0.3 is 33.8 Å². The van der Waals surface area contributed by atoms with E-state index in [9.17, 15) is 43.2 Å². The average Bonchev–Trinajstić information content (AvgIpc) is 0.910. The third-order valence-electron chi connectivity index (χ3n) is 20.0. The van der Waals surface area contributed by atoms with Gasteiger partial charge in [0.05, 0.1) is 26.4 Å². The van der Waals surface area contributed by atoms with Crippen LogP contribution in [0.3, 0.4) is 0 Å².